The van der Waals surface area contributed by atoms with E-state index in [2.05, 4.69) is 72.0 Å². The number of hydrogen-bond acceptors (Lipinski definition) is 4. The monoisotopic (exact) mass is 402 g/mol. The van der Waals surface area contributed by atoms with Crippen LogP contribution < -0.4 is 16.0 Å². The molecule has 1 heterocycles. The van der Waals surface area contributed by atoms with Gasteiger partial charge in [0.2, 0.25) is 0 Å². The molecule has 0 radical (unpaired) electrons. The summed E-state index contributed by atoms with van der Waals surface area (Å²) in [5, 5.41) is 10.3. The third-order valence-corrected chi connectivity index (χ3v) is 3.50. The Bertz CT molecular complexity index is 445. The molecule has 118 valence electrons. The van der Waals surface area contributed by atoms with Gasteiger partial charge in [-0.25, -0.2) is 0 Å². The normalized spacial score (nSPS) is 16.2. The van der Waals surface area contributed by atoms with Crippen LogP contribution in [0.25, 0.3) is 0 Å². The molecule has 4 nitrogen and oxygen atoms in total. The summed E-state index contributed by atoms with van der Waals surface area (Å²) in [5.74, 6) is 0.929. The van der Waals surface area contributed by atoms with E-state index in [4.69, 9.17) is 0 Å². The van der Waals surface area contributed by atoms with E-state index in [0.717, 1.165) is 32.0 Å². The highest BCUT2D eigenvalue weighted by molar-refractivity contribution is 14.0. The first-order valence-electron chi connectivity index (χ1n) is 7.42. The third kappa shape index (κ3) is 6.22. The van der Waals surface area contributed by atoms with Crippen molar-refractivity contribution in [3.05, 3.63) is 35.9 Å². The van der Waals surface area contributed by atoms with Gasteiger partial charge in [-0.1, -0.05) is 30.3 Å². The molecule has 1 unspecified atom stereocenters. The molecular weight excluding hydrogens is 375 g/mol. The van der Waals surface area contributed by atoms with Gasteiger partial charge >= 0.3 is 0 Å². The van der Waals surface area contributed by atoms with E-state index in [9.17, 15) is 0 Å². The van der Waals surface area contributed by atoms with E-state index in [-0.39, 0.29) is 29.5 Å². The van der Waals surface area contributed by atoms with Crippen LogP contribution in [0.2, 0.25) is 0 Å². The second-order valence-electron chi connectivity index (χ2n) is 6.02. The van der Waals surface area contributed by atoms with Gasteiger partial charge in [0.25, 0.3) is 0 Å². The van der Waals surface area contributed by atoms with Gasteiger partial charge in [0.15, 0.2) is 5.96 Å². The van der Waals surface area contributed by atoms with Gasteiger partial charge in [0.1, 0.15) is 0 Å². The molecule has 1 aliphatic rings. The molecule has 0 amide bonds. The lowest BCUT2D eigenvalue weighted by molar-refractivity contribution is 0.344. The van der Waals surface area contributed by atoms with Crippen molar-refractivity contribution in [1.29, 1.82) is 0 Å². The first-order chi connectivity index (χ1) is 9.57. The summed E-state index contributed by atoms with van der Waals surface area (Å²) in [6, 6.07) is 10.9. The van der Waals surface area contributed by atoms with Crippen LogP contribution in [0.1, 0.15) is 38.8 Å². The molecule has 5 heteroatoms. The molecule has 3 N–H and O–H groups in total. The molecule has 0 bridgehead atoms. The quantitative estimate of drug-likeness (QED) is 0.664. The van der Waals surface area contributed by atoms with Crippen molar-refractivity contribution in [2.45, 2.75) is 38.8 Å². The molecule has 0 saturated heterocycles. The van der Waals surface area contributed by atoms with E-state index < -0.39 is 0 Å². The molecule has 0 fully saturated rings. The predicted octanol–water partition coefficient (Wildman–Crippen LogP) is 2.67. The van der Waals surface area contributed by atoms with Gasteiger partial charge in [-0.05, 0) is 32.8 Å². The summed E-state index contributed by atoms with van der Waals surface area (Å²) in [4.78, 5) is 4.44. The number of nitrogens with one attached hydrogen (secondary N) is 3. The average molecular weight is 402 g/mol. The van der Waals surface area contributed by atoms with Gasteiger partial charge in [-0.3, -0.25) is 4.99 Å². The Morgan fingerprint density at radius 2 is 2.00 bits per heavy atom. The van der Waals surface area contributed by atoms with Crippen molar-refractivity contribution in [1.82, 2.24) is 16.0 Å². The predicted molar refractivity (Wildman–Crippen MR) is 100 cm³/mol. The molecule has 21 heavy (non-hydrogen) atoms. The number of halogens is 1. The number of aliphatic imine (C=N–C) groups is 1. The van der Waals surface area contributed by atoms with E-state index >= 15 is 0 Å². The zero-order valence-corrected chi connectivity index (χ0v) is 15.5. The highest BCUT2D eigenvalue weighted by Gasteiger charge is 2.21. The van der Waals surface area contributed by atoms with Crippen LogP contribution in [0.3, 0.4) is 0 Å². The van der Waals surface area contributed by atoms with Crippen LogP contribution in [0, 0.1) is 0 Å². The minimum absolute atomic E-state index is 0. The fourth-order valence-electron chi connectivity index (χ4n) is 2.42. The first-order valence-corrected chi connectivity index (χ1v) is 7.42. The van der Waals surface area contributed by atoms with Gasteiger partial charge in [0, 0.05) is 31.2 Å². The lowest BCUT2D eigenvalue weighted by Crippen LogP contribution is -2.52. The Morgan fingerprint density at radius 3 is 2.62 bits per heavy atom. The van der Waals surface area contributed by atoms with Gasteiger partial charge in [-0.15, -0.1) is 24.0 Å². The third-order valence-electron chi connectivity index (χ3n) is 3.50. The second kappa shape index (κ2) is 8.58. The summed E-state index contributed by atoms with van der Waals surface area (Å²) in [5.41, 5.74) is 1.31. The maximum atomic E-state index is 4.44. The SMILES string of the molecule is CC(NC(C)(C)CNC1=NCCCN1)c1ccccc1.I. The second-order valence-corrected chi connectivity index (χ2v) is 6.02. The molecule has 0 spiro atoms. The van der Waals surface area contributed by atoms with E-state index in [1.54, 1.807) is 0 Å². The number of benzene rings is 1. The Labute approximate surface area is 145 Å². The van der Waals surface area contributed by atoms with Crippen LogP contribution in [-0.2, 0) is 0 Å². The lowest BCUT2D eigenvalue weighted by atomic mass is 10.0. The van der Waals surface area contributed by atoms with Crippen LogP contribution in [-0.4, -0.2) is 31.1 Å². The summed E-state index contributed by atoms with van der Waals surface area (Å²) in [6.45, 7) is 9.40. The number of nitrogens with zero attached hydrogens (tertiary/aromatic N) is 1. The van der Waals surface area contributed by atoms with E-state index in [1.165, 1.54) is 5.56 Å². The molecule has 0 aliphatic carbocycles. The number of guanidine groups is 1. The Morgan fingerprint density at radius 1 is 1.29 bits per heavy atom. The minimum atomic E-state index is -0.00307. The Hall–Kier alpha value is -0.820. The molecule has 1 aromatic carbocycles. The summed E-state index contributed by atoms with van der Waals surface area (Å²) in [7, 11) is 0. The summed E-state index contributed by atoms with van der Waals surface area (Å²) in [6.07, 6.45) is 1.12. The van der Waals surface area contributed by atoms with Crippen LogP contribution in [0.15, 0.2) is 35.3 Å². The largest absolute Gasteiger partial charge is 0.356 e. The molecule has 0 aromatic heterocycles. The van der Waals surface area contributed by atoms with Crippen molar-refractivity contribution in [2.24, 2.45) is 4.99 Å². The maximum Gasteiger partial charge on any atom is 0.191 e. The maximum absolute atomic E-state index is 4.44. The average Bonchev–Trinajstić information content (AvgIpc) is 2.47. The Balaban J connectivity index is 0.00000220. The highest BCUT2D eigenvalue weighted by atomic mass is 127. The van der Waals surface area contributed by atoms with Crippen molar-refractivity contribution in [3.63, 3.8) is 0 Å². The van der Waals surface area contributed by atoms with E-state index in [1.807, 2.05) is 0 Å². The van der Waals surface area contributed by atoms with Crippen molar-refractivity contribution in [2.75, 3.05) is 19.6 Å². The Kier molecular flexibility index (Phi) is 7.45. The van der Waals surface area contributed by atoms with Gasteiger partial charge < -0.3 is 16.0 Å². The smallest absolute Gasteiger partial charge is 0.191 e. The zero-order chi connectivity index (χ0) is 14.4. The van der Waals surface area contributed by atoms with Gasteiger partial charge in [-0.2, -0.15) is 0 Å². The first kappa shape index (κ1) is 18.2. The van der Waals surface area contributed by atoms with Crippen molar-refractivity contribution < 1.29 is 0 Å². The number of hydrogen-bond donors (Lipinski definition) is 3. The minimum Gasteiger partial charge on any atom is -0.356 e. The summed E-state index contributed by atoms with van der Waals surface area (Å²) >= 11 is 0. The van der Waals surface area contributed by atoms with Crippen LogP contribution in [0.5, 0.6) is 0 Å². The zero-order valence-electron chi connectivity index (χ0n) is 13.1. The van der Waals surface area contributed by atoms with E-state index in [0.29, 0.717) is 6.04 Å². The van der Waals surface area contributed by atoms with Crippen LogP contribution in [0.4, 0.5) is 0 Å². The van der Waals surface area contributed by atoms with Crippen molar-refractivity contribution in [3.8, 4) is 0 Å². The van der Waals surface area contributed by atoms with Gasteiger partial charge in [0.05, 0.1) is 0 Å². The topological polar surface area (TPSA) is 48.5 Å². The molecule has 1 aliphatic heterocycles. The standard InChI is InChI=1S/C16H26N4.HI/c1-13(14-8-5-4-6-9-14)20-16(2,3)12-19-15-17-10-7-11-18-15;/h4-6,8-9,13,20H,7,10-12H2,1-3H3,(H2,17,18,19);1H. The lowest BCUT2D eigenvalue weighted by Gasteiger charge is -2.31. The molecule has 2 rings (SSSR count). The fourth-order valence-corrected chi connectivity index (χ4v) is 2.42. The van der Waals surface area contributed by atoms with Crippen LogP contribution >= 0.6 is 24.0 Å². The highest BCUT2D eigenvalue weighted by Crippen LogP contribution is 2.15. The molecule has 1 atom stereocenters. The summed E-state index contributed by atoms with van der Waals surface area (Å²) < 4.78 is 0. The molecule has 1 aromatic rings. The molecule has 0 saturated carbocycles. The van der Waals surface area contributed by atoms with Crippen molar-refractivity contribution >= 4 is 29.9 Å². The fraction of sp³-hybridized carbons (Fsp3) is 0.562. The number of rotatable bonds is 5. The molecular formula is C16H27IN4.